The number of carbonyl (C=O) groups is 1. The van der Waals surface area contributed by atoms with Crippen LogP contribution in [0.3, 0.4) is 0 Å². The Labute approximate surface area is 114 Å². The minimum Gasteiger partial charge on any atom is -0.459 e. The van der Waals surface area contributed by atoms with Crippen molar-refractivity contribution in [1.29, 1.82) is 0 Å². The van der Waals surface area contributed by atoms with Crippen LogP contribution in [0.2, 0.25) is 0 Å². The fourth-order valence-corrected chi connectivity index (χ4v) is 1.47. The van der Waals surface area contributed by atoms with Gasteiger partial charge in [-0.2, -0.15) is 0 Å². The van der Waals surface area contributed by atoms with Gasteiger partial charge in [-0.3, -0.25) is 4.79 Å². The molecule has 110 valence electrons. The first kappa shape index (κ1) is 19.8. The van der Waals surface area contributed by atoms with Crippen molar-refractivity contribution in [2.45, 2.75) is 87.2 Å². The van der Waals surface area contributed by atoms with Crippen LogP contribution in [-0.2, 0) is 9.53 Å². The molecule has 1 atom stereocenters. The van der Waals surface area contributed by atoms with Crippen molar-refractivity contribution >= 4 is 5.97 Å². The third-order valence-electron chi connectivity index (χ3n) is 4.30. The van der Waals surface area contributed by atoms with Gasteiger partial charge in [-0.05, 0) is 39.0 Å². The van der Waals surface area contributed by atoms with Crippen LogP contribution in [0.1, 0.15) is 81.6 Å². The van der Waals surface area contributed by atoms with E-state index >= 15 is 0 Å². The lowest BCUT2D eigenvalue weighted by Gasteiger charge is -2.36. The van der Waals surface area contributed by atoms with E-state index in [9.17, 15) is 4.79 Å². The molecule has 0 bridgehead atoms. The molecule has 0 aliphatic heterocycles. The SMILES string of the molecule is CC.CCC(C)(CC)C(=O)OC(C)(CC)C(C)C. The molecule has 0 heterocycles. The summed E-state index contributed by atoms with van der Waals surface area (Å²) in [6, 6.07) is 0. The van der Waals surface area contributed by atoms with Crippen LogP contribution in [0.5, 0.6) is 0 Å². The molecule has 0 N–H and O–H groups in total. The van der Waals surface area contributed by atoms with Crippen LogP contribution in [0.15, 0.2) is 0 Å². The molecule has 0 aromatic carbocycles. The van der Waals surface area contributed by atoms with Crippen LogP contribution in [0.4, 0.5) is 0 Å². The molecule has 0 aliphatic carbocycles. The molecule has 0 aromatic heterocycles. The van der Waals surface area contributed by atoms with Gasteiger partial charge in [0.2, 0.25) is 0 Å². The maximum Gasteiger partial charge on any atom is 0.312 e. The molecule has 0 saturated carbocycles. The van der Waals surface area contributed by atoms with Gasteiger partial charge in [-0.1, -0.05) is 48.5 Å². The van der Waals surface area contributed by atoms with E-state index in [0.29, 0.717) is 5.92 Å². The number of rotatable bonds is 6. The van der Waals surface area contributed by atoms with E-state index in [0.717, 1.165) is 19.3 Å². The lowest BCUT2D eigenvalue weighted by Crippen LogP contribution is -2.41. The Morgan fingerprint density at radius 1 is 1.00 bits per heavy atom. The van der Waals surface area contributed by atoms with Crippen LogP contribution in [0.25, 0.3) is 0 Å². The fourth-order valence-electron chi connectivity index (χ4n) is 1.47. The number of esters is 1. The summed E-state index contributed by atoms with van der Waals surface area (Å²) in [5.41, 5.74) is -0.659. The highest BCUT2D eigenvalue weighted by molar-refractivity contribution is 5.76. The first-order valence-corrected chi connectivity index (χ1v) is 7.49. The number of hydrogen-bond acceptors (Lipinski definition) is 2. The zero-order valence-corrected chi connectivity index (χ0v) is 14.0. The second kappa shape index (κ2) is 8.55. The van der Waals surface area contributed by atoms with Crippen LogP contribution >= 0.6 is 0 Å². The standard InChI is InChI=1S/C14H28O2.C2H6/c1-8-13(6,9-2)12(15)16-14(7,10-3)11(4)5;1-2/h11H,8-10H2,1-7H3;1-2H3. The van der Waals surface area contributed by atoms with Crippen molar-refractivity contribution in [2.75, 3.05) is 0 Å². The summed E-state index contributed by atoms with van der Waals surface area (Å²) >= 11 is 0. The van der Waals surface area contributed by atoms with E-state index in [4.69, 9.17) is 4.74 Å². The molecular formula is C16H34O2. The smallest absolute Gasteiger partial charge is 0.312 e. The van der Waals surface area contributed by atoms with Crippen LogP contribution < -0.4 is 0 Å². The predicted molar refractivity (Wildman–Crippen MR) is 79.7 cm³/mol. The number of ether oxygens (including phenoxy) is 1. The van der Waals surface area contributed by atoms with Crippen molar-refractivity contribution in [3.05, 3.63) is 0 Å². The molecule has 2 nitrogen and oxygen atoms in total. The van der Waals surface area contributed by atoms with Gasteiger partial charge in [0.15, 0.2) is 0 Å². The highest BCUT2D eigenvalue weighted by Gasteiger charge is 2.38. The number of carbonyl (C=O) groups excluding carboxylic acids is 1. The van der Waals surface area contributed by atoms with Gasteiger partial charge in [0.1, 0.15) is 5.60 Å². The quantitative estimate of drug-likeness (QED) is 0.611. The lowest BCUT2D eigenvalue weighted by molar-refractivity contribution is -0.175. The first-order valence-electron chi connectivity index (χ1n) is 7.49. The molecule has 0 radical (unpaired) electrons. The highest BCUT2D eigenvalue weighted by Crippen LogP contribution is 2.33. The molecule has 0 spiro atoms. The summed E-state index contributed by atoms with van der Waals surface area (Å²) in [7, 11) is 0. The van der Waals surface area contributed by atoms with E-state index in [2.05, 4.69) is 20.8 Å². The Morgan fingerprint density at radius 2 is 1.39 bits per heavy atom. The third kappa shape index (κ3) is 4.99. The Morgan fingerprint density at radius 3 is 1.61 bits per heavy atom. The molecule has 0 saturated heterocycles. The van der Waals surface area contributed by atoms with E-state index in [1.54, 1.807) is 0 Å². The van der Waals surface area contributed by atoms with Gasteiger partial charge < -0.3 is 4.74 Å². The molecule has 0 aromatic rings. The molecule has 1 unspecified atom stereocenters. The molecule has 0 aliphatic rings. The largest absolute Gasteiger partial charge is 0.459 e. The van der Waals surface area contributed by atoms with E-state index in [-0.39, 0.29) is 17.0 Å². The normalized spacial score (nSPS) is 14.6. The third-order valence-corrected chi connectivity index (χ3v) is 4.30. The van der Waals surface area contributed by atoms with Gasteiger partial charge >= 0.3 is 5.97 Å². The minimum absolute atomic E-state index is 0.0458. The zero-order chi connectivity index (χ0) is 15.0. The second-order valence-electron chi connectivity index (χ2n) is 5.48. The zero-order valence-electron chi connectivity index (χ0n) is 14.0. The molecule has 0 amide bonds. The molecular weight excluding hydrogens is 224 g/mol. The second-order valence-corrected chi connectivity index (χ2v) is 5.48. The van der Waals surface area contributed by atoms with Gasteiger partial charge in [0.25, 0.3) is 0 Å². The van der Waals surface area contributed by atoms with Crippen molar-refractivity contribution in [3.8, 4) is 0 Å². The Kier molecular flexibility index (Phi) is 9.41. The summed E-state index contributed by atoms with van der Waals surface area (Å²) in [6.45, 7) is 18.4. The fraction of sp³-hybridized carbons (Fsp3) is 0.938. The van der Waals surface area contributed by atoms with E-state index in [1.807, 2.05) is 41.5 Å². The Bertz CT molecular complexity index is 229. The maximum atomic E-state index is 12.2. The molecule has 0 rings (SSSR count). The topological polar surface area (TPSA) is 26.3 Å². The summed E-state index contributed by atoms with van der Waals surface area (Å²) in [6.07, 6.45) is 2.53. The van der Waals surface area contributed by atoms with E-state index in [1.165, 1.54) is 0 Å². The lowest BCUT2D eigenvalue weighted by atomic mass is 9.83. The molecule has 0 fully saturated rings. The summed E-state index contributed by atoms with van der Waals surface area (Å²) in [5, 5.41) is 0. The van der Waals surface area contributed by atoms with Crippen molar-refractivity contribution in [3.63, 3.8) is 0 Å². The van der Waals surface area contributed by atoms with E-state index < -0.39 is 0 Å². The van der Waals surface area contributed by atoms with Gasteiger partial charge in [0.05, 0.1) is 5.41 Å². The Hall–Kier alpha value is -0.530. The summed E-state index contributed by atoms with van der Waals surface area (Å²) < 4.78 is 5.76. The first-order chi connectivity index (χ1) is 8.25. The van der Waals surface area contributed by atoms with Crippen molar-refractivity contribution < 1.29 is 9.53 Å². The van der Waals surface area contributed by atoms with Gasteiger partial charge in [-0.25, -0.2) is 0 Å². The van der Waals surface area contributed by atoms with Crippen molar-refractivity contribution in [1.82, 2.24) is 0 Å². The number of hydrogen-bond donors (Lipinski definition) is 0. The van der Waals surface area contributed by atoms with Gasteiger partial charge in [-0.15, -0.1) is 0 Å². The molecule has 18 heavy (non-hydrogen) atoms. The van der Waals surface area contributed by atoms with Crippen molar-refractivity contribution in [2.24, 2.45) is 11.3 Å². The van der Waals surface area contributed by atoms with Gasteiger partial charge in [0, 0.05) is 0 Å². The average molecular weight is 258 g/mol. The highest BCUT2D eigenvalue weighted by atomic mass is 16.6. The molecule has 2 heteroatoms. The average Bonchev–Trinajstić information content (AvgIpc) is 2.39. The van der Waals surface area contributed by atoms with Crippen LogP contribution in [-0.4, -0.2) is 11.6 Å². The monoisotopic (exact) mass is 258 g/mol. The van der Waals surface area contributed by atoms with Crippen LogP contribution in [0, 0.1) is 11.3 Å². The Balaban J connectivity index is 0. The predicted octanol–water partition coefficient (Wildman–Crippen LogP) is 5.21. The maximum absolute atomic E-state index is 12.2. The minimum atomic E-state index is -0.331. The summed E-state index contributed by atoms with van der Waals surface area (Å²) in [4.78, 5) is 12.2. The summed E-state index contributed by atoms with van der Waals surface area (Å²) in [5.74, 6) is 0.301.